The Bertz CT molecular complexity index is 821. The second-order valence-electron chi connectivity index (χ2n) is 5.38. The van der Waals surface area contributed by atoms with Crippen LogP contribution >= 0.6 is 0 Å². The molecule has 2 aromatic rings. The number of carbonyl (C=O) groups excluding carboxylic acids is 1. The molecule has 0 radical (unpaired) electrons. The zero-order chi connectivity index (χ0) is 17.0. The lowest BCUT2D eigenvalue weighted by Gasteiger charge is -2.14. The number of hydrogen-bond donors (Lipinski definition) is 2. The Morgan fingerprint density at radius 2 is 2.00 bits per heavy atom. The number of rotatable bonds is 6. The summed E-state index contributed by atoms with van der Waals surface area (Å²) in [6.45, 7) is 4.26. The number of hydrogen-bond acceptors (Lipinski definition) is 3. The number of aromatic amines is 1. The van der Waals surface area contributed by atoms with Crippen LogP contribution in [0.5, 0.6) is 0 Å². The average Bonchev–Trinajstić information content (AvgIpc) is 2.52. The number of carbonyl (C=O) groups is 1. The molecule has 1 aromatic heterocycles. The summed E-state index contributed by atoms with van der Waals surface area (Å²) in [4.78, 5) is 38.0. The van der Waals surface area contributed by atoms with Crippen molar-refractivity contribution >= 4 is 16.9 Å². The number of benzene rings is 1. The van der Waals surface area contributed by atoms with Crippen molar-refractivity contribution in [2.24, 2.45) is 5.92 Å². The van der Waals surface area contributed by atoms with Crippen LogP contribution in [0.4, 0.5) is 4.39 Å². The van der Waals surface area contributed by atoms with Gasteiger partial charge in [-0.15, -0.1) is 0 Å². The summed E-state index contributed by atoms with van der Waals surface area (Å²) in [7, 11) is 0. The van der Waals surface area contributed by atoms with Gasteiger partial charge >= 0.3 is 11.1 Å². The molecular weight excluding hydrogens is 301 g/mol. The Balaban J connectivity index is 2.23. The summed E-state index contributed by atoms with van der Waals surface area (Å²) >= 11 is 0. The Hall–Kier alpha value is -2.44. The molecule has 0 bridgehead atoms. The van der Waals surface area contributed by atoms with Crippen molar-refractivity contribution in [3.05, 3.63) is 44.7 Å². The van der Waals surface area contributed by atoms with Crippen LogP contribution in [0.1, 0.15) is 26.7 Å². The lowest BCUT2D eigenvalue weighted by Crippen LogP contribution is -2.40. The number of amides is 1. The molecule has 0 saturated carbocycles. The maximum atomic E-state index is 13.3. The fraction of sp³-hybridized carbons (Fsp3) is 0.438. The SMILES string of the molecule is CCC(CC)C(=O)NCCn1c(=O)c(=O)[nH]c2cc(F)ccc21. The van der Waals surface area contributed by atoms with Crippen molar-refractivity contribution in [2.45, 2.75) is 33.2 Å². The van der Waals surface area contributed by atoms with Crippen LogP contribution in [-0.4, -0.2) is 22.0 Å². The van der Waals surface area contributed by atoms with E-state index >= 15 is 0 Å². The van der Waals surface area contributed by atoms with E-state index in [9.17, 15) is 18.8 Å². The molecule has 0 fully saturated rings. The summed E-state index contributed by atoms with van der Waals surface area (Å²) in [6, 6.07) is 3.82. The molecule has 1 amide bonds. The predicted molar refractivity (Wildman–Crippen MR) is 85.9 cm³/mol. The van der Waals surface area contributed by atoms with Gasteiger partial charge in [-0.25, -0.2) is 4.39 Å². The van der Waals surface area contributed by atoms with Gasteiger partial charge < -0.3 is 14.9 Å². The highest BCUT2D eigenvalue weighted by Crippen LogP contribution is 2.10. The molecule has 2 N–H and O–H groups in total. The molecule has 124 valence electrons. The maximum Gasteiger partial charge on any atom is 0.316 e. The van der Waals surface area contributed by atoms with Crippen LogP contribution in [0, 0.1) is 11.7 Å². The third kappa shape index (κ3) is 3.67. The minimum atomic E-state index is -0.811. The highest BCUT2D eigenvalue weighted by molar-refractivity contribution is 5.78. The summed E-state index contributed by atoms with van der Waals surface area (Å²) < 4.78 is 14.5. The van der Waals surface area contributed by atoms with Crippen LogP contribution in [0.15, 0.2) is 27.8 Å². The number of fused-ring (bicyclic) bond motifs is 1. The van der Waals surface area contributed by atoms with Gasteiger partial charge in [-0.05, 0) is 31.0 Å². The zero-order valence-corrected chi connectivity index (χ0v) is 13.2. The summed E-state index contributed by atoms with van der Waals surface area (Å²) in [5.74, 6) is -0.625. The molecule has 1 heterocycles. The van der Waals surface area contributed by atoms with Gasteiger partial charge in [0.15, 0.2) is 0 Å². The third-order valence-electron chi connectivity index (χ3n) is 3.93. The number of nitrogens with one attached hydrogen (secondary N) is 2. The first-order chi connectivity index (χ1) is 11.0. The van der Waals surface area contributed by atoms with E-state index in [0.29, 0.717) is 5.52 Å². The van der Waals surface area contributed by atoms with E-state index in [0.717, 1.165) is 18.9 Å². The van der Waals surface area contributed by atoms with Gasteiger partial charge in [0.05, 0.1) is 11.0 Å². The molecule has 1 aromatic carbocycles. The summed E-state index contributed by atoms with van der Waals surface area (Å²) in [6.07, 6.45) is 1.49. The molecule has 0 saturated heterocycles. The van der Waals surface area contributed by atoms with Gasteiger partial charge in [0.2, 0.25) is 5.91 Å². The van der Waals surface area contributed by atoms with Crippen molar-refractivity contribution in [1.29, 1.82) is 0 Å². The molecule has 0 aliphatic carbocycles. The minimum absolute atomic E-state index is 0.0586. The van der Waals surface area contributed by atoms with E-state index in [4.69, 9.17) is 0 Å². The van der Waals surface area contributed by atoms with Crippen molar-refractivity contribution < 1.29 is 9.18 Å². The average molecular weight is 321 g/mol. The van der Waals surface area contributed by atoms with Crippen LogP contribution in [-0.2, 0) is 11.3 Å². The van der Waals surface area contributed by atoms with Gasteiger partial charge in [0, 0.05) is 19.0 Å². The summed E-state index contributed by atoms with van der Waals surface area (Å²) in [5, 5.41) is 2.77. The Morgan fingerprint density at radius 3 is 2.65 bits per heavy atom. The lowest BCUT2D eigenvalue weighted by molar-refractivity contribution is -0.125. The molecule has 0 atom stereocenters. The Morgan fingerprint density at radius 1 is 1.30 bits per heavy atom. The standard InChI is InChI=1S/C16H20FN3O3/c1-3-10(4-2)14(21)18-7-8-20-13-6-5-11(17)9-12(13)19-15(22)16(20)23/h5-6,9-10H,3-4,7-8H2,1-2H3,(H,18,21)(H,19,22). The van der Waals surface area contributed by atoms with Gasteiger partial charge in [-0.1, -0.05) is 13.8 Å². The first-order valence-electron chi connectivity index (χ1n) is 7.68. The number of H-pyrrole nitrogens is 1. The van der Waals surface area contributed by atoms with E-state index in [2.05, 4.69) is 10.3 Å². The minimum Gasteiger partial charge on any atom is -0.354 e. The molecule has 6 nitrogen and oxygen atoms in total. The molecule has 23 heavy (non-hydrogen) atoms. The van der Waals surface area contributed by atoms with Gasteiger partial charge in [0.1, 0.15) is 5.82 Å². The van der Waals surface area contributed by atoms with E-state index in [1.165, 1.54) is 16.7 Å². The topological polar surface area (TPSA) is 84.0 Å². The van der Waals surface area contributed by atoms with Crippen LogP contribution in [0.25, 0.3) is 11.0 Å². The van der Waals surface area contributed by atoms with Crippen molar-refractivity contribution in [1.82, 2.24) is 14.9 Å². The van der Waals surface area contributed by atoms with Crippen LogP contribution in [0.3, 0.4) is 0 Å². The quantitative estimate of drug-likeness (QED) is 0.788. The maximum absolute atomic E-state index is 13.3. The highest BCUT2D eigenvalue weighted by atomic mass is 19.1. The number of halogens is 1. The first-order valence-corrected chi connectivity index (χ1v) is 7.68. The molecule has 0 unspecified atom stereocenters. The second-order valence-corrected chi connectivity index (χ2v) is 5.38. The largest absolute Gasteiger partial charge is 0.354 e. The monoisotopic (exact) mass is 321 g/mol. The Kier molecular flexibility index (Phi) is 5.31. The fourth-order valence-electron chi connectivity index (χ4n) is 2.57. The van der Waals surface area contributed by atoms with Crippen LogP contribution in [0.2, 0.25) is 0 Å². The van der Waals surface area contributed by atoms with Gasteiger partial charge in [-0.3, -0.25) is 14.4 Å². The molecule has 7 heteroatoms. The molecular formula is C16H20FN3O3. The molecule has 0 aliphatic heterocycles. The predicted octanol–water partition coefficient (Wildman–Crippen LogP) is 1.38. The summed E-state index contributed by atoms with van der Waals surface area (Å²) in [5.41, 5.74) is -0.857. The second kappa shape index (κ2) is 7.21. The normalized spacial score (nSPS) is 11.1. The van der Waals surface area contributed by atoms with E-state index in [-0.39, 0.29) is 30.4 Å². The number of nitrogens with zero attached hydrogens (tertiary/aromatic N) is 1. The molecule has 2 rings (SSSR count). The van der Waals surface area contributed by atoms with Gasteiger partial charge in [-0.2, -0.15) is 0 Å². The van der Waals surface area contributed by atoms with E-state index in [1.54, 1.807) is 0 Å². The van der Waals surface area contributed by atoms with E-state index < -0.39 is 16.9 Å². The third-order valence-corrected chi connectivity index (χ3v) is 3.93. The van der Waals surface area contributed by atoms with Crippen LogP contribution < -0.4 is 16.4 Å². The van der Waals surface area contributed by atoms with Crippen molar-refractivity contribution in [3.63, 3.8) is 0 Å². The molecule has 0 spiro atoms. The molecule has 0 aliphatic rings. The fourth-order valence-corrected chi connectivity index (χ4v) is 2.57. The number of aromatic nitrogens is 2. The highest BCUT2D eigenvalue weighted by Gasteiger charge is 2.14. The van der Waals surface area contributed by atoms with Crippen molar-refractivity contribution in [2.75, 3.05) is 6.54 Å². The van der Waals surface area contributed by atoms with Gasteiger partial charge in [0.25, 0.3) is 0 Å². The lowest BCUT2D eigenvalue weighted by atomic mass is 10.0. The zero-order valence-electron chi connectivity index (χ0n) is 13.2. The van der Waals surface area contributed by atoms with Crippen molar-refractivity contribution in [3.8, 4) is 0 Å². The smallest absolute Gasteiger partial charge is 0.316 e. The first kappa shape index (κ1) is 16.9. The Labute approximate surface area is 132 Å². The van der Waals surface area contributed by atoms with E-state index in [1.807, 2.05) is 13.8 Å².